The van der Waals surface area contributed by atoms with Gasteiger partial charge in [-0.25, -0.2) is 0 Å². The van der Waals surface area contributed by atoms with Crippen LogP contribution in [0.4, 0.5) is 0 Å². The number of nitrogens with zero attached hydrogens (tertiary/aromatic N) is 2. The summed E-state index contributed by atoms with van der Waals surface area (Å²) in [5.74, 6) is 0. The lowest BCUT2D eigenvalue weighted by molar-refractivity contribution is 0.297. The van der Waals surface area contributed by atoms with E-state index < -0.39 is 0 Å². The van der Waals surface area contributed by atoms with Crippen LogP contribution in [-0.2, 0) is 0 Å². The third kappa shape index (κ3) is 1.16. The molecular formula is C8H12N2O. The highest BCUT2D eigenvalue weighted by atomic mass is 16.5. The van der Waals surface area contributed by atoms with E-state index in [-0.39, 0.29) is 0 Å². The molecule has 1 saturated heterocycles. The van der Waals surface area contributed by atoms with E-state index in [1.54, 1.807) is 6.26 Å². The van der Waals surface area contributed by atoms with Crippen molar-refractivity contribution < 1.29 is 4.52 Å². The predicted molar refractivity (Wildman–Crippen MR) is 41.1 cm³/mol. The summed E-state index contributed by atoms with van der Waals surface area (Å²) in [5, 5.41) is 3.93. The van der Waals surface area contributed by atoms with E-state index in [1.165, 1.54) is 19.4 Å². The second-order valence-electron chi connectivity index (χ2n) is 3.06. The molecule has 1 aromatic rings. The van der Waals surface area contributed by atoms with Crippen molar-refractivity contribution in [2.75, 3.05) is 13.6 Å². The third-order valence-electron chi connectivity index (χ3n) is 2.32. The van der Waals surface area contributed by atoms with Crippen molar-refractivity contribution in [3.05, 3.63) is 18.0 Å². The Balaban J connectivity index is 2.16. The molecule has 1 fully saturated rings. The summed E-state index contributed by atoms with van der Waals surface area (Å²) < 4.78 is 4.80. The van der Waals surface area contributed by atoms with Crippen LogP contribution in [-0.4, -0.2) is 23.6 Å². The first-order chi connectivity index (χ1) is 5.38. The molecule has 0 radical (unpaired) electrons. The van der Waals surface area contributed by atoms with Gasteiger partial charge in [-0.3, -0.25) is 4.90 Å². The van der Waals surface area contributed by atoms with Crippen molar-refractivity contribution >= 4 is 0 Å². The highest BCUT2D eigenvalue weighted by Crippen LogP contribution is 2.28. The average molecular weight is 152 g/mol. The van der Waals surface area contributed by atoms with Crippen molar-refractivity contribution in [1.29, 1.82) is 0 Å². The molecule has 11 heavy (non-hydrogen) atoms. The van der Waals surface area contributed by atoms with Crippen LogP contribution in [0.3, 0.4) is 0 Å². The molecule has 2 heterocycles. The van der Waals surface area contributed by atoms with Crippen molar-refractivity contribution in [1.82, 2.24) is 10.1 Å². The third-order valence-corrected chi connectivity index (χ3v) is 2.32. The fourth-order valence-electron chi connectivity index (χ4n) is 1.68. The second kappa shape index (κ2) is 2.66. The molecule has 0 bridgehead atoms. The van der Waals surface area contributed by atoms with E-state index in [9.17, 15) is 0 Å². The largest absolute Gasteiger partial charge is 0.364 e. The molecule has 60 valence electrons. The zero-order chi connectivity index (χ0) is 7.68. The van der Waals surface area contributed by atoms with Gasteiger partial charge < -0.3 is 4.52 Å². The van der Waals surface area contributed by atoms with Crippen LogP contribution in [0.5, 0.6) is 0 Å². The Morgan fingerprint density at radius 1 is 1.73 bits per heavy atom. The average Bonchev–Trinajstić information content (AvgIpc) is 2.55. The standard InChI is InChI=1S/C8H12N2O/c1-10-5-2-3-8(10)7-4-6-11-9-7/h4,6,8H,2-3,5H2,1H3/t8-/m0/s1. The maximum atomic E-state index is 4.80. The molecule has 0 amide bonds. The first kappa shape index (κ1) is 6.85. The second-order valence-corrected chi connectivity index (χ2v) is 3.06. The first-order valence-corrected chi connectivity index (χ1v) is 3.98. The summed E-state index contributed by atoms with van der Waals surface area (Å²) in [4.78, 5) is 2.32. The van der Waals surface area contributed by atoms with Gasteiger partial charge in [0.1, 0.15) is 12.0 Å². The Hall–Kier alpha value is -0.830. The van der Waals surface area contributed by atoms with Gasteiger partial charge in [-0.1, -0.05) is 5.16 Å². The fraction of sp³-hybridized carbons (Fsp3) is 0.625. The fourth-order valence-corrected chi connectivity index (χ4v) is 1.68. The molecule has 1 aliphatic rings. The van der Waals surface area contributed by atoms with Gasteiger partial charge in [0.05, 0.1) is 6.04 Å². The smallest absolute Gasteiger partial charge is 0.124 e. The summed E-state index contributed by atoms with van der Waals surface area (Å²) >= 11 is 0. The molecule has 1 aliphatic heterocycles. The van der Waals surface area contributed by atoms with E-state index in [4.69, 9.17) is 4.52 Å². The molecule has 0 spiro atoms. The Morgan fingerprint density at radius 3 is 3.18 bits per heavy atom. The molecule has 0 aliphatic carbocycles. The zero-order valence-electron chi connectivity index (χ0n) is 6.66. The van der Waals surface area contributed by atoms with Gasteiger partial charge in [0.15, 0.2) is 0 Å². The van der Waals surface area contributed by atoms with Crippen molar-refractivity contribution in [3.63, 3.8) is 0 Å². The van der Waals surface area contributed by atoms with Crippen molar-refractivity contribution in [2.45, 2.75) is 18.9 Å². The lowest BCUT2D eigenvalue weighted by atomic mass is 10.1. The summed E-state index contributed by atoms with van der Waals surface area (Å²) in [5.41, 5.74) is 1.07. The Morgan fingerprint density at radius 2 is 2.64 bits per heavy atom. The Labute approximate surface area is 66.0 Å². The maximum Gasteiger partial charge on any atom is 0.124 e. The van der Waals surface area contributed by atoms with Gasteiger partial charge in [-0.2, -0.15) is 0 Å². The SMILES string of the molecule is CN1CCC[C@H]1c1ccon1. The summed E-state index contributed by atoms with van der Waals surface area (Å²) in [7, 11) is 2.13. The monoisotopic (exact) mass is 152 g/mol. The Kier molecular flexibility index (Phi) is 1.66. The van der Waals surface area contributed by atoms with E-state index >= 15 is 0 Å². The normalized spacial score (nSPS) is 26.1. The van der Waals surface area contributed by atoms with Crippen molar-refractivity contribution in [2.24, 2.45) is 0 Å². The van der Waals surface area contributed by atoms with Gasteiger partial charge >= 0.3 is 0 Å². The van der Waals surface area contributed by atoms with Crippen LogP contribution in [0.2, 0.25) is 0 Å². The minimum absolute atomic E-state index is 0.494. The summed E-state index contributed by atoms with van der Waals surface area (Å²) in [6.45, 7) is 1.18. The molecule has 0 unspecified atom stereocenters. The molecule has 0 N–H and O–H groups in total. The van der Waals surface area contributed by atoms with Crippen LogP contribution in [0.1, 0.15) is 24.6 Å². The van der Waals surface area contributed by atoms with Crippen LogP contribution >= 0.6 is 0 Å². The highest BCUT2D eigenvalue weighted by molar-refractivity contribution is 5.04. The minimum Gasteiger partial charge on any atom is -0.364 e. The number of likely N-dealkylation sites (tertiary alicyclic amines) is 1. The first-order valence-electron chi connectivity index (χ1n) is 3.98. The molecule has 1 atom stereocenters. The highest BCUT2D eigenvalue weighted by Gasteiger charge is 2.24. The van der Waals surface area contributed by atoms with Crippen LogP contribution in [0.15, 0.2) is 16.9 Å². The van der Waals surface area contributed by atoms with Gasteiger partial charge in [0, 0.05) is 6.07 Å². The molecule has 0 saturated carbocycles. The number of hydrogen-bond acceptors (Lipinski definition) is 3. The quantitative estimate of drug-likeness (QED) is 0.609. The Bertz CT molecular complexity index is 220. The van der Waals surface area contributed by atoms with Crippen LogP contribution in [0.25, 0.3) is 0 Å². The number of rotatable bonds is 1. The maximum absolute atomic E-state index is 4.80. The summed E-state index contributed by atoms with van der Waals surface area (Å²) in [6.07, 6.45) is 4.12. The van der Waals surface area contributed by atoms with Gasteiger partial charge in [0.25, 0.3) is 0 Å². The summed E-state index contributed by atoms with van der Waals surface area (Å²) in [6, 6.07) is 2.45. The van der Waals surface area contributed by atoms with Crippen LogP contribution < -0.4 is 0 Å². The molecule has 2 rings (SSSR count). The predicted octanol–water partition coefficient (Wildman–Crippen LogP) is 1.44. The molecule has 3 nitrogen and oxygen atoms in total. The topological polar surface area (TPSA) is 29.3 Å². The van der Waals surface area contributed by atoms with Crippen molar-refractivity contribution in [3.8, 4) is 0 Å². The number of hydrogen-bond donors (Lipinski definition) is 0. The zero-order valence-corrected chi connectivity index (χ0v) is 6.66. The lowest BCUT2D eigenvalue weighted by Crippen LogP contribution is -2.17. The van der Waals surface area contributed by atoms with E-state index in [1.807, 2.05) is 6.07 Å². The molecule has 1 aromatic heterocycles. The van der Waals surface area contributed by atoms with E-state index in [2.05, 4.69) is 17.1 Å². The van der Waals surface area contributed by atoms with E-state index in [0.717, 1.165) is 5.69 Å². The molecule has 0 aromatic carbocycles. The molecular weight excluding hydrogens is 140 g/mol. The van der Waals surface area contributed by atoms with E-state index in [0.29, 0.717) is 6.04 Å². The van der Waals surface area contributed by atoms with Gasteiger partial charge in [-0.05, 0) is 26.4 Å². The number of aromatic nitrogens is 1. The van der Waals surface area contributed by atoms with Crippen LogP contribution in [0, 0.1) is 0 Å². The van der Waals surface area contributed by atoms with Gasteiger partial charge in [-0.15, -0.1) is 0 Å². The minimum atomic E-state index is 0.494. The van der Waals surface area contributed by atoms with Gasteiger partial charge in [0.2, 0.25) is 0 Å². The molecule has 3 heteroatoms. The lowest BCUT2D eigenvalue weighted by Gasteiger charge is -2.15.